The van der Waals surface area contributed by atoms with Gasteiger partial charge < -0.3 is 20.1 Å². The summed E-state index contributed by atoms with van der Waals surface area (Å²) in [5.74, 6) is -0.959. The number of aliphatic hydroxyl groups excluding tert-OH is 1. The molecule has 2 aliphatic rings. The van der Waals surface area contributed by atoms with E-state index < -0.39 is 12.1 Å². The number of thiophene rings is 1. The number of nitrogens with one attached hydrogen (secondary N) is 1. The molecular weight excluding hydrogens is 466 g/mol. The maximum atomic E-state index is 13.3. The van der Waals surface area contributed by atoms with Crippen molar-refractivity contribution in [1.82, 2.24) is 0 Å². The van der Waals surface area contributed by atoms with Gasteiger partial charge in [-0.15, -0.1) is 11.3 Å². The lowest BCUT2D eigenvalue weighted by Gasteiger charge is -2.27. The van der Waals surface area contributed by atoms with Gasteiger partial charge >= 0.3 is 0 Å². The molecule has 168 valence electrons. The standard InChI is InChI=1S/C23H18ClN3O5S/c24-18-9-8-17(33-18)21(29)25-16-3-1-2-15-20(16)23(31)27(22(15)30)14-6-4-13(5-7-14)26-10-11-32-12-19(26)28/h1-9,22,30H,10-12H2,(H,25,29). The number of amides is 3. The van der Waals surface area contributed by atoms with E-state index in [-0.39, 0.29) is 24.0 Å². The van der Waals surface area contributed by atoms with Crippen LogP contribution in [-0.4, -0.2) is 42.6 Å². The fourth-order valence-corrected chi connectivity index (χ4v) is 4.90. The van der Waals surface area contributed by atoms with E-state index in [1.807, 2.05) is 0 Å². The first-order chi connectivity index (χ1) is 15.9. The SMILES string of the molecule is O=C(Nc1cccc2c1C(=O)N(c1ccc(N3CCOCC3=O)cc1)C2O)c1ccc(Cl)s1. The molecule has 8 nitrogen and oxygen atoms in total. The van der Waals surface area contributed by atoms with Crippen LogP contribution in [0.15, 0.2) is 54.6 Å². The number of fused-ring (bicyclic) bond motifs is 1. The fraction of sp³-hybridized carbons (Fsp3) is 0.174. The summed E-state index contributed by atoms with van der Waals surface area (Å²) in [7, 11) is 0. The molecule has 1 unspecified atom stereocenters. The smallest absolute Gasteiger partial charge is 0.265 e. The topological polar surface area (TPSA) is 99.2 Å². The highest BCUT2D eigenvalue weighted by molar-refractivity contribution is 7.18. The molecule has 3 heterocycles. The predicted octanol–water partition coefficient (Wildman–Crippen LogP) is 3.67. The number of ether oxygens (including phenoxy) is 1. The van der Waals surface area contributed by atoms with Crippen molar-refractivity contribution in [2.24, 2.45) is 0 Å². The lowest BCUT2D eigenvalue weighted by Crippen LogP contribution is -2.41. The zero-order chi connectivity index (χ0) is 23.1. The Morgan fingerprint density at radius 1 is 1.09 bits per heavy atom. The molecule has 1 aromatic heterocycles. The summed E-state index contributed by atoms with van der Waals surface area (Å²) in [5.41, 5.74) is 2.09. The Morgan fingerprint density at radius 2 is 1.85 bits per heavy atom. The van der Waals surface area contributed by atoms with Crippen LogP contribution in [0.4, 0.5) is 17.1 Å². The molecule has 3 aromatic rings. The van der Waals surface area contributed by atoms with Crippen LogP contribution in [-0.2, 0) is 9.53 Å². The van der Waals surface area contributed by atoms with Crippen molar-refractivity contribution in [2.45, 2.75) is 6.23 Å². The van der Waals surface area contributed by atoms with Crippen LogP contribution < -0.4 is 15.1 Å². The third-order valence-corrected chi connectivity index (χ3v) is 6.75. The van der Waals surface area contributed by atoms with Gasteiger partial charge in [0.2, 0.25) is 0 Å². The third-order valence-electron chi connectivity index (χ3n) is 5.52. The van der Waals surface area contributed by atoms with Crippen molar-refractivity contribution < 1.29 is 24.2 Å². The number of rotatable bonds is 4. The zero-order valence-electron chi connectivity index (χ0n) is 17.2. The number of halogens is 1. The maximum absolute atomic E-state index is 13.3. The minimum absolute atomic E-state index is 0.0343. The maximum Gasteiger partial charge on any atom is 0.265 e. The van der Waals surface area contributed by atoms with Crippen molar-refractivity contribution in [3.63, 3.8) is 0 Å². The van der Waals surface area contributed by atoms with Gasteiger partial charge in [-0.05, 0) is 42.5 Å². The van der Waals surface area contributed by atoms with Crippen molar-refractivity contribution in [3.05, 3.63) is 74.9 Å². The zero-order valence-corrected chi connectivity index (χ0v) is 18.7. The summed E-state index contributed by atoms with van der Waals surface area (Å²) in [6, 6.07) is 15.0. The van der Waals surface area contributed by atoms with Crippen LogP contribution >= 0.6 is 22.9 Å². The number of anilines is 3. The normalized spacial score (nSPS) is 17.9. The third kappa shape index (κ3) is 3.89. The quantitative estimate of drug-likeness (QED) is 0.590. The highest BCUT2D eigenvalue weighted by Crippen LogP contribution is 2.40. The Hall–Kier alpha value is -3.24. The van der Waals surface area contributed by atoms with Crippen molar-refractivity contribution in [3.8, 4) is 0 Å². The predicted molar refractivity (Wildman–Crippen MR) is 125 cm³/mol. The van der Waals surface area contributed by atoms with E-state index in [1.165, 1.54) is 4.90 Å². The number of aliphatic hydroxyl groups is 1. The minimum atomic E-state index is -1.21. The number of benzene rings is 2. The van der Waals surface area contributed by atoms with Crippen LogP contribution in [0.3, 0.4) is 0 Å². The number of hydrogen-bond donors (Lipinski definition) is 2. The lowest BCUT2D eigenvalue weighted by molar-refractivity contribution is -0.125. The Kier molecular flexibility index (Phi) is 5.63. The Balaban J connectivity index is 1.41. The van der Waals surface area contributed by atoms with Crippen molar-refractivity contribution in [1.29, 1.82) is 0 Å². The van der Waals surface area contributed by atoms with Crippen LogP contribution in [0, 0.1) is 0 Å². The average Bonchev–Trinajstić information content (AvgIpc) is 3.36. The molecule has 0 spiro atoms. The molecule has 2 N–H and O–H groups in total. The molecule has 0 aliphatic carbocycles. The van der Waals surface area contributed by atoms with E-state index in [9.17, 15) is 19.5 Å². The molecule has 0 saturated carbocycles. The highest BCUT2D eigenvalue weighted by Gasteiger charge is 2.39. The summed E-state index contributed by atoms with van der Waals surface area (Å²) < 4.78 is 5.64. The molecule has 2 aliphatic heterocycles. The second-order valence-electron chi connectivity index (χ2n) is 7.49. The van der Waals surface area contributed by atoms with Crippen LogP contribution in [0.2, 0.25) is 4.34 Å². The second-order valence-corrected chi connectivity index (χ2v) is 9.21. The molecule has 1 fully saturated rings. The van der Waals surface area contributed by atoms with Gasteiger partial charge in [-0.1, -0.05) is 23.7 Å². The van der Waals surface area contributed by atoms with E-state index in [1.54, 1.807) is 59.5 Å². The van der Waals surface area contributed by atoms with Crippen LogP contribution in [0.25, 0.3) is 0 Å². The largest absolute Gasteiger partial charge is 0.370 e. The molecule has 1 atom stereocenters. The van der Waals surface area contributed by atoms with E-state index in [0.717, 1.165) is 11.3 Å². The lowest BCUT2D eigenvalue weighted by atomic mass is 10.1. The van der Waals surface area contributed by atoms with Gasteiger partial charge in [-0.25, -0.2) is 0 Å². The van der Waals surface area contributed by atoms with Gasteiger partial charge in [0, 0.05) is 23.5 Å². The second kappa shape index (κ2) is 8.60. The van der Waals surface area contributed by atoms with Crippen molar-refractivity contribution >= 4 is 57.7 Å². The number of morpholine rings is 1. The molecule has 2 aromatic carbocycles. The van der Waals surface area contributed by atoms with Gasteiger partial charge in [0.15, 0.2) is 6.23 Å². The monoisotopic (exact) mass is 483 g/mol. The van der Waals surface area contributed by atoms with Gasteiger partial charge in [0.1, 0.15) is 6.61 Å². The summed E-state index contributed by atoms with van der Waals surface area (Å²) in [4.78, 5) is 41.3. The van der Waals surface area contributed by atoms with Crippen LogP contribution in [0.5, 0.6) is 0 Å². The molecular formula is C23H18ClN3O5S. The number of carbonyl (C=O) groups is 3. The molecule has 1 saturated heterocycles. The fourth-order valence-electron chi connectivity index (χ4n) is 3.96. The summed E-state index contributed by atoms with van der Waals surface area (Å²) in [6.07, 6.45) is -1.21. The summed E-state index contributed by atoms with van der Waals surface area (Å²) in [6.45, 7) is 0.943. The van der Waals surface area contributed by atoms with E-state index in [0.29, 0.717) is 45.0 Å². The van der Waals surface area contributed by atoms with Gasteiger partial charge in [0.05, 0.1) is 27.1 Å². The highest BCUT2D eigenvalue weighted by atomic mass is 35.5. The summed E-state index contributed by atoms with van der Waals surface area (Å²) in [5, 5.41) is 13.7. The van der Waals surface area contributed by atoms with E-state index in [2.05, 4.69) is 5.32 Å². The van der Waals surface area contributed by atoms with Gasteiger partial charge in [-0.3, -0.25) is 19.3 Å². The summed E-state index contributed by atoms with van der Waals surface area (Å²) >= 11 is 7.05. The number of carbonyl (C=O) groups excluding carboxylic acids is 3. The van der Waals surface area contributed by atoms with Gasteiger partial charge in [-0.2, -0.15) is 0 Å². The molecule has 0 bridgehead atoms. The number of nitrogens with zero attached hydrogens (tertiary/aromatic N) is 2. The first-order valence-electron chi connectivity index (χ1n) is 10.1. The Morgan fingerprint density at radius 3 is 2.55 bits per heavy atom. The molecule has 3 amide bonds. The first-order valence-corrected chi connectivity index (χ1v) is 11.3. The Labute approximate surface area is 197 Å². The van der Waals surface area contributed by atoms with Gasteiger partial charge in [0.25, 0.3) is 17.7 Å². The van der Waals surface area contributed by atoms with Crippen LogP contribution in [0.1, 0.15) is 31.8 Å². The molecule has 33 heavy (non-hydrogen) atoms. The number of hydrogen-bond acceptors (Lipinski definition) is 6. The Bertz CT molecular complexity index is 1260. The molecule has 10 heteroatoms. The first kappa shape index (κ1) is 21.6. The van der Waals surface area contributed by atoms with Crippen molar-refractivity contribution in [2.75, 3.05) is 34.9 Å². The van der Waals surface area contributed by atoms with E-state index >= 15 is 0 Å². The average molecular weight is 484 g/mol. The van der Waals surface area contributed by atoms with E-state index in [4.69, 9.17) is 16.3 Å². The molecule has 5 rings (SSSR count). The molecule has 0 radical (unpaired) electrons. The minimum Gasteiger partial charge on any atom is -0.370 e.